The average Bonchev–Trinajstić information content (AvgIpc) is 2.57. The van der Waals surface area contributed by atoms with Gasteiger partial charge < -0.3 is 10.4 Å². The van der Waals surface area contributed by atoms with Crippen LogP contribution in [-0.4, -0.2) is 17.7 Å². The zero-order valence-electron chi connectivity index (χ0n) is 13.0. The van der Waals surface area contributed by atoms with Gasteiger partial charge in [0.05, 0.1) is 0 Å². The molecular formula is C20H25NO. The topological polar surface area (TPSA) is 32.3 Å². The van der Waals surface area contributed by atoms with Gasteiger partial charge in [0.1, 0.15) is 5.75 Å². The van der Waals surface area contributed by atoms with Crippen molar-refractivity contribution < 1.29 is 5.11 Å². The van der Waals surface area contributed by atoms with Crippen LogP contribution in [0.15, 0.2) is 54.6 Å². The second-order valence-corrected chi connectivity index (χ2v) is 6.33. The molecule has 0 amide bonds. The quantitative estimate of drug-likeness (QED) is 0.864. The van der Waals surface area contributed by atoms with Gasteiger partial charge in [-0.2, -0.15) is 0 Å². The fraction of sp³-hybridized carbons (Fsp3) is 0.400. The maximum Gasteiger partial charge on any atom is 0.115 e. The lowest BCUT2D eigenvalue weighted by Gasteiger charge is -2.29. The molecule has 0 unspecified atom stereocenters. The SMILES string of the molecule is Oc1ccc([C@H]2CC[C@H](NCCc3ccccc3)CC2)cc1. The number of hydrogen-bond donors (Lipinski definition) is 2. The van der Waals surface area contributed by atoms with E-state index in [4.69, 9.17) is 0 Å². The van der Waals surface area contributed by atoms with Gasteiger partial charge in [0.2, 0.25) is 0 Å². The van der Waals surface area contributed by atoms with Crippen LogP contribution in [0, 0.1) is 0 Å². The lowest BCUT2D eigenvalue weighted by Crippen LogP contribution is -2.34. The summed E-state index contributed by atoms with van der Waals surface area (Å²) in [6.07, 6.45) is 6.10. The van der Waals surface area contributed by atoms with Crippen LogP contribution in [-0.2, 0) is 6.42 Å². The van der Waals surface area contributed by atoms with Crippen molar-refractivity contribution >= 4 is 0 Å². The number of phenolic OH excluding ortho intramolecular Hbond substituents is 1. The van der Waals surface area contributed by atoms with E-state index in [1.54, 1.807) is 12.1 Å². The fourth-order valence-corrected chi connectivity index (χ4v) is 3.44. The van der Waals surface area contributed by atoms with E-state index in [0.717, 1.165) is 13.0 Å². The molecule has 2 aromatic carbocycles. The van der Waals surface area contributed by atoms with Gasteiger partial charge >= 0.3 is 0 Å². The molecular weight excluding hydrogens is 270 g/mol. The first-order chi connectivity index (χ1) is 10.8. The molecule has 3 rings (SSSR count). The van der Waals surface area contributed by atoms with E-state index in [9.17, 15) is 5.11 Å². The monoisotopic (exact) mass is 295 g/mol. The molecule has 0 bridgehead atoms. The minimum absolute atomic E-state index is 0.361. The van der Waals surface area contributed by atoms with E-state index in [2.05, 4.69) is 47.8 Å². The summed E-state index contributed by atoms with van der Waals surface area (Å²) in [7, 11) is 0. The highest BCUT2D eigenvalue weighted by molar-refractivity contribution is 5.28. The van der Waals surface area contributed by atoms with E-state index in [-0.39, 0.29) is 0 Å². The molecule has 2 nitrogen and oxygen atoms in total. The van der Waals surface area contributed by atoms with Crippen LogP contribution >= 0.6 is 0 Å². The van der Waals surface area contributed by atoms with Gasteiger partial charge in [-0.25, -0.2) is 0 Å². The third-order valence-electron chi connectivity index (χ3n) is 4.78. The van der Waals surface area contributed by atoms with Crippen LogP contribution in [0.25, 0.3) is 0 Å². The van der Waals surface area contributed by atoms with Gasteiger partial charge in [0.25, 0.3) is 0 Å². The molecule has 1 aliphatic carbocycles. The molecule has 0 aromatic heterocycles. The summed E-state index contributed by atoms with van der Waals surface area (Å²) in [6, 6.07) is 19.1. The van der Waals surface area contributed by atoms with Gasteiger partial charge in [-0.1, -0.05) is 42.5 Å². The zero-order chi connectivity index (χ0) is 15.2. The van der Waals surface area contributed by atoms with Crippen molar-refractivity contribution in [1.29, 1.82) is 0 Å². The second kappa shape index (κ2) is 7.46. The summed E-state index contributed by atoms with van der Waals surface area (Å²) in [5.41, 5.74) is 2.79. The minimum atomic E-state index is 0.361. The first kappa shape index (κ1) is 15.1. The summed E-state index contributed by atoms with van der Waals surface area (Å²) in [6.45, 7) is 1.07. The molecule has 0 spiro atoms. The third-order valence-corrected chi connectivity index (χ3v) is 4.78. The number of rotatable bonds is 5. The molecule has 0 radical (unpaired) electrons. The zero-order valence-corrected chi connectivity index (χ0v) is 13.0. The van der Waals surface area contributed by atoms with E-state index < -0.39 is 0 Å². The number of hydrogen-bond acceptors (Lipinski definition) is 2. The van der Waals surface area contributed by atoms with Crippen LogP contribution in [0.3, 0.4) is 0 Å². The van der Waals surface area contributed by atoms with Gasteiger partial charge in [-0.3, -0.25) is 0 Å². The molecule has 2 aromatic rings. The van der Waals surface area contributed by atoms with Crippen molar-refractivity contribution in [3.8, 4) is 5.75 Å². The van der Waals surface area contributed by atoms with Crippen LogP contribution in [0.1, 0.15) is 42.7 Å². The maximum absolute atomic E-state index is 9.38. The number of aromatic hydroxyl groups is 1. The summed E-state index contributed by atoms with van der Waals surface area (Å²) < 4.78 is 0. The van der Waals surface area contributed by atoms with Gasteiger partial charge in [0.15, 0.2) is 0 Å². The van der Waals surface area contributed by atoms with Crippen LogP contribution in [0.2, 0.25) is 0 Å². The predicted octanol–water partition coefficient (Wildman–Crippen LogP) is 4.25. The van der Waals surface area contributed by atoms with E-state index in [1.165, 1.54) is 36.8 Å². The Kier molecular flexibility index (Phi) is 5.12. The molecule has 0 saturated heterocycles. The van der Waals surface area contributed by atoms with Crippen molar-refractivity contribution in [1.82, 2.24) is 5.32 Å². The summed E-state index contributed by atoms with van der Waals surface area (Å²) in [5.74, 6) is 1.02. The van der Waals surface area contributed by atoms with Crippen molar-refractivity contribution in [2.75, 3.05) is 6.54 Å². The van der Waals surface area contributed by atoms with E-state index in [1.807, 2.05) is 0 Å². The van der Waals surface area contributed by atoms with Gasteiger partial charge in [-0.05, 0) is 67.8 Å². The average molecular weight is 295 g/mol. The Labute approximate surface area is 133 Å². The lowest BCUT2D eigenvalue weighted by atomic mass is 9.81. The standard InChI is InChI=1S/C20H25NO/c22-20-12-8-18(9-13-20)17-6-10-19(11-7-17)21-15-14-16-4-2-1-3-5-16/h1-5,8-9,12-13,17,19,21-22H,6-7,10-11,14-15H2/t17-,19-. The Bertz CT molecular complexity index is 556. The number of nitrogens with one attached hydrogen (secondary N) is 1. The first-order valence-corrected chi connectivity index (χ1v) is 8.37. The Morgan fingerprint density at radius 3 is 2.23 bits per heavy atom. The number of benzene rings is 2. The normalized spacial score (nSPS) is 21.6. The Morgan fingerprint density at radius 2 is 1.55 bits per heavy atom. The van der Waals surface area contributed by atoms with Crippen molar-refractivity contribution in [3.05, 3.63) is 65.7 Å². The molecule has 0 atom stereocenters. The predicted molar refractivity (Wildman–Crippen MR) is 91.3 cm³/mol. The smallest absolute Gasteiger partial charge is 0.115 e. The Hall–Kier alpha value is -1.80. The highest BCUT2D eigenvalue weighted by Gasteiger charge is 2.21. The highest BCUT2D eigenvalue weighted by Crippen LogP contribution is 2.33. The summed E-state index contributed by atoms with van der Waals surface area (Å²) >= 11 is 0. The van der Waals surface area contributed by atoms with Crippen LogP contribution < -0.4 is 5.32 Å². The van der Waals surface area contributed by atoms with Crippen LogP contribution in [0.5, 0.6) is 5.75 Å². The summed E-state index contributed by atoms with van der Waals surface area (Å²) in [5, 5.41) is 13.1. The van der Waals surface area contributed by atoms with Crippen molar-refractivity contribution in [3.63, 3.8) is 0 Å². The van der Waals surface area contributed by atoms with E-state index in [0.29, 0.717) is 17.7 Å². The largest absolute Gasteiger partial charge is 0.508 e. The summed E-state index contributed by atoms with van der Waals surface area (Å²) in [4.78, 5) is 0. The Balaban J connectivity index is 1.41. The van der Waals surface area contributed by atoms with E-state index >= 15 is 0 Å². The van der Waals surface area contributed by atoms with Crippen molar-refractivity contribution in [2.24, 2.45) is 0 Å². The van der Waals surface area contributed by atoms with Gasteiger partial charge in [0, 0.05) is 6.04 Å². The molecule has 1 aliphatic rings. The molecule has 116 valence electrons. The maximum atomic E-state index is 9.38. The molecule has 1 fully saturated rings. The lowest BCUT2D eigenvalue weighted by molar-refractivity contribution is 0.344. The highest BCUT2D eigenvalue weighted by atomic mass is 16.3. The molecule has 2 heteroatoms. The first-order valence-electron chi connectivity index (χ1n) is 8.37. The number of phenols is 1. The van der Waals surface area contributed by atoms with Crippen LogP contribution in [0.4, 0.5) is 0 Å². The molecule has 0 heterocycles. The molecule has 22 heavy (non-hydrogen) atoms. The molecule has 1 saturated carbocycles. The molecule has 2 N–H and O–H groups in total. The third kappa shape index (κ3) is 4.11. The Morgan fingerprint density at radius 1 is 0.864 bits per heavy atom. The van der Waals surface area contributed by atoms with Crippen molar-refractivity contribution in [2.45, 2.75) is 44.1 Å². The van der Waals surface area contributed by atoms with Gasteiger partial charge in [-0.15, -0.1) is 0 Å². The second-order valence-electron chi connectivity index (χ2n) is 6.33. The fourth-order valence-electron chi connectivity index (χ4n) is 3.44. The minimum Gasteiger partial charge on any atom is -0.508 e. The molecule has 0 aliphatic heterocycles.